The maximum Gasteiger partial charge on any atom is 0.184 e. The van der Waals surface area contributed by atoms with Crippen LogP contribution in [0.15, 0.2) is 48.5 Å². The molecule has 0 spiro atoms. The van der Waals surface area contributed by atoms with Gasteiger partial charge in [-0.05, 0) is 17.7 Å². The average molecular weight is 295 g/mol. The second-order valence-corrected chi connectivity index (χ2v) is 5.71. The van der Waals surface area contributed by atoms with Gasteiger partial charge in [0.05, 0.1) is 6.61 Å². The molecule has 1 N–H and O–H groups in total. The van der Waals surface area contributed by atoms with Gasteiger partial charge in [-0.15, -0.1) is 0 Å². The first-order valence-electron chi connectivity index (χ1n) is 7.09. The highest BCUT2D eigenvalue weighted by molar-refractivity contribution is 6.33. The van der Waals surface area contributed by atoms with E-state index >= 15 is 0 Å². The summed E-state index contributed by atoms with van der Waals surface area (Å²) in [6.45, 7) is -0.527. The van der Waals surface area contributed by atoms with Crippen LogP contribution in [0.4, 0.5) is 5.69 Å². The lowest BCUT2D eigenvalue weighted by molar-refractivity contribution is 0.0711. The van der Waals surface area contributed by atoms with Crippen molar-refractivity contribution in [3.63, 3.8) is 0 Å². The molecule has 1 aliphatic carbocycles. The van der Waals surface area contributed by atoms with Gasteiger partial charge in [-0.2, -0.15) is 0 Å². The number of aliphatic hydroxyl groups is 1. The van der Waals surface area contributed by atoms with Crippen LogP contribution in [0.3, 0.4) is 0 Å². The van der Waals surface area contributed by atoms with Gasteiger partial charge in [-0.1, -0.05) is 36.4 Å². The van der Waals surface area contributed by atoms with Crippen molar-refractivity contribution in [2.75, 3.05) is 25.6 Å². The molecule has 0 radical (unpaired) electrons. The Hall–Kier alpha value is -2.46. The van der Waals surface area contributed by atoms with Crippen LogP contribution in [-0.2, 0) is 5.41 Å². The van der Waals surface area contributed by atoms with Crippen molar-refractivity contribution in [2.24, 2.45) is 0 Å². The molecule has 0 aromatic heterocycles. The fraction of sp³-hybridized carbons (Fsp3) is 0.222. The molecule has 0 atom stereocenters. The Morgan fingerprint density at radius 1 is 0.909 bits per heavy atom. The second kappa shape index (κ2) is 5.07. The van der Waals surface area contributed by atoms with Gasteiger partial charge in [0.1, 0.15) is 5.41 Å². The number of carbonyl (C=O) groups excluding carboxylic acids is 2. The SMILES string of the molecule is CN(C)c1ccc(C2(CO)C(=O)c3ccccc3C2=O)cc1. The van der Waals surface area contributed by atoms with E-state index in [0.29, 0.717) is 16.7 Å². The largest absolute Gasteiger partial charge is 0.394 e. The molecule has 1 aliphatic rings. The van der Waals surface area contributed by atoms with Crippen LogP contribution in [0.25, 0.3) is 0 Å². The first-order chi connectivity index (χ1) is 10.5. The van der Waals surface area contributed by atoms with Crippen molar-refractivity contribution in [3.05, 3.63) is 65.2 Å². The maximum atomic E-state index is 12.8. The predicted molar refractivity (Wildman–Crippen MR) is 84.6 cm³/mol. The molecule has 4 heteroatoms. The molecule has 0 unspecified atom stereocenters. The molecule has 2 aromatic rings. The number of aliphatic hydroxyl groups excluding tert-OH is 1. The molecule has 4 nitrogen and oxygen atoms in total. The van der Waals surface area contributed by atoms with Crippen LogP contribution in [0.5, 0.6) is 0 Å². The number of Topliss-reactive ketones (excluding diaryl/α,β-unsaturated/α-hetero) is 2. The summed E-state index contributed by atoms with van der Waals surface area (Å²) in [4.78, 5) is 27.5. The molecule has 0 saturated carbocycles. The van der Waals surface area contributed by atoms with E-state index in [9.17, 15) is 14.7 Å². The zero-order chi connectivity index (χ0) is 15.9. The first-order valence-corrected chi connectivity index (χ1v) is 7.09. The van der Waals surface area contributed by atoms with E-state index in [2.05, 4.69) is 0 Å². The van der Waals surface area contributed by atoms with Crippen LogP contribution in [0, 0.1) is 0 Å². The minimum atomic E-state index is -1.51. The summed E-state index contributed by atoms with van der Waals surface area (Å²) in [6, 6.07) is 13.9. The third kappa shape index (κ3) is 1.81. The Balaban J connectivity index is 2.15. The van der Waals surface area contributed by atoms with Gasteiger partial charge in [-0.3, -0.25) is 9.59 Å². The molecule has 112 valence electrons. The van der Waals surface area contributed by atoms with Crippen LogP contribution in [-0.4, -0.2) is 37.4 Å². The highest BCUT2D eigenvalue weighted by Crippen LogP contribution is 2.39. The summed E-state index contributed by atoms with van der Waals surface area (Å²) >= 11 is 0. The molecule has 0 amide bonds. The number of ketones is 2. The molecule has 3 rings (SSSR count). The number of fused-ring (bicyclic) bond motifs is 1. The Kier molecular flexibility index (Phi) is 3.34. The minimum Gasteiger partial charge on any atom is -0.394 e. The number of rotatable bonds is 3. The summed E-state index contributed by atoms with van der Waals surface area (Å²) in [5.74, 6) is -0.651. The lowest BCUT2D eigenvalue weighted by Gasteiger charge is -2.24. The Labute approximate surface area is 129 Å². The molecule has 0 saturated heterocycles. The Bertz CT molecular complexity index is 712. The standard InChI is InChI=1S/C18H17NO3/c1-19(2)13-9-7-12(8-10-13)18(11-20)16(21)14-5-3-4-6-15(14)17(18)22/h3-10,20H,11H2,1-2H3. The summed E-state index contributed by atoms with van der Waals surface area (Å²) < 4.78 is 0. The van der Waals surface area contributed by atoms with Crippen molar-refractivity contribution in [1.82, 2.24) is 0 Å². The van der Waals surface area contributed by atoms with E-state index in [0.717, 1.165) is 5.69 Å². The summed E-state index contributed by atoms with van der Waals surface area (Å²) in [5.41, 5.74) is 0.768. The number of nitrogens with zero attached hydrogens (tertiary/aromatic N) is 1. The van der Waals surface area contributed by atoms with E-state index in [4.69, 9.17) is 0 Å². The summed E-state index contributed by atoms with van der Waals surface area (Å²) in [7, 11) is 3.83. The van der Waals surface area contributed by atoms with Crippen molar-refractivity contribution < 1.29 is 14.7 Å². The minimum absolute atomic E-state index is 0.326. The molecule has 0 aliphatic heterocycles. The third-order valence-corrected chi connectivity index (χ3v) is 4.31. The number of benzene rings is 2. The molecule has 22 heavy (non-hydrogen) atoms. The van der Waals surface area contributed by atoms with Gasteiger partial charge in [0.25, 0.3) is 0 Å². The number of carbonyl (C=O) groups is 2. The zero-order valence-electron chi connectivity index (χ0n) is 12.5. The molecule has 0 bridgehead atoms. The van der Waals surface area contributed by atoms with Crippen molar-refractivity contribution in [1.29, 1.82) is 0 Å². The number of hydrogen-bond donors (Lipinski definition) is 1. The van der Waals surface area contributed by atoms with Crippen molar-refractivity contribution in [2.45, 2.75) is 5.41 Å². The van der Waals surface area contributed by atoms with Gasteiger partial charge in [0.2, 0.25) is 0 Å². The van der Waals surface area contributed by atoms with E-state index in [1.54, 1.807) is 36.4 Å². The third-order valence-electron chi connectivity index (χ3n) is 4.31. The fourth-order valence-electron chi connectivity index (χ4n) is 2.98. The number of hydrogen-bond acceptors (Lipinski definition) is 4. The van der Waals surface area contributed by atoms with Gasteiger partial charge >= 0.3 is 0 Å². The predicted octanol–water partition coefficient (Wildman–Crippen LogP) is 2.06. The lowest BCUT2D eigenvalue weighted by atomic mass is 9.76. The number of anilines is 1. The van der Waals surface area contributed by atoms with Gasteiger partial charge < -0.3 is 10.0 Å². The van der Waals surface area contributed by atoms with E-state index in [1.807, 2.05) is 31.1 Å². The molecular formula is C18H17NO3. The average Bonchev–Trinajstić information content (AvgIpc) is 2.77. The topological polar surface area (TPSA) is 57.6 Å². The first kappa shape index (κ1) is 14.5. The van der Waals surface area contributed by atoms with Crippen LogP contribution >= 0.6 is 0 Å². The highest BCUT2D eigenvalue weighted by atomic mass is 16.3. The highest BCUT2D eigenvalue weighted by Gasteiger charge is 2.53. The molecule has 0 heterocycles. The normalized spacial score (nSPS) is 15.8. The monoisotopic (exact) mass is 295 g/mol. The second-order valence-electron chi connectivity index (χ2n) is 5.71. The van der Waals surface area contributed by atoms with Gasteiger partial charge in [-0.25, -0.2) is 0 Å². The van der Waals surface area contributed by atoms with Gasteiger partial charge in [0.15, 0.2) is 11.6 Å². The van der Waals surface area contributed by atoms with Crippen LogP contribution in [0.2, 0.25) is 0 Å². The fourth-order valence-corrected chi connectivity index (χ4v) is 2.98. The van der Waals surface area contributed by atoms with E-state index in [-0.39, 0.29) is 11.6 Å². The summed E-state index contributed by atoms with van der Waals surface area (Å²) in [5, 5.41) is 9.91. The van der Waals surface area contributed by atoms with Crippen LogP contribution < -0.4 is 4.90 Å². The van der Waals surface area contributed by atoms with Crippen LogP contribution in [0.1, 0.15) is 26.3 Å². The molecular weight excluding hydrogens is 278 g/mol. The molecule has 2 aromatic carbocycles. The smallest absolute Gasteiger partial charge is 0.184 e. The zero-order valence-corrected chi connectivity index (χ0v) is 12.5. The summed E-state index contributed by atoms with van der Waals surface area (Å²) in [6.07, 6.45) is 0. The maximum absolute atomic E-state index is 12.8. The van der Waals surface area contributed by atoms with Crippen molar-refractivity contribution >= 4 is 17.3 Å². The van der Waals surface area contributed by atoms with Crippen molar-refractivity contribution in [3.8, 4) is 0 Å². The van der Waals surface area contributed by atoms with Gasteiger partial charge in [0, 0.05) is 30.9 Å². The molecule has 0 fully saturated rings. The van der Waals surface area contributed by atoms with E-state index < -0.39 is 12.0 Å². The lowest BCUT2D eigenvalue weighted by Crippen LogP contribution is -2.42. The van der Waals surface area contributed by atoms with E-state index in [1.165, 1.54) is 0 Å². The Morgan fingerprint density at radius 2 is 1.41 bits per heavy atom. The quantitative estimate of drug-likeness (QED) is 0.881. The Morgan fingerprint density at radius 3 is 1.82 bits per heavy atom.